The molecule has 1 amide bonds. The summed E-state index contributed by atoms with van der Waals surface area (Å²) in [6, 6.07) is 32.6. The quantitative estimate of drug-likeness (QED) is 0.361. The van der Waals surface area contributed by atoms with Gasteiger partial charge in [0.15, 0.2) is 0 Å². The molecule has 0 aromatic heterocycles. The number of amides is 1. The van der Waals surface area contributed by atoms with Gasteiger partial charge in [-0.2, -0.15) is 0 Å². The van der Waals surface area contributed by atoms with Crippen LogP contribution in [0.4, 0.5) is 5.69 Å². The minimum absolute atomic E-state index is 0.140. The third-order valence-corrected chi connectivity index (χ3v) is 5.97. The average Bonchev–Trinajstić information content (AvgIpc) is 3.01. The fraction of sp³-hybridized carbons (Fsp3) is 0.103. The van der Waals surface area contributed by atoms with Crippen molar-refractivity contribution in [1.29, 1.82) is 0 Å². The molecule has 0 unspecified atom stereocenters. The van der Waals surface area contributed by atoms with Crippen molar-refractivity contribution in [3.8, 4) is 5.75 Å². The summed E-state index contributed by atoms with van der Waals surface area (Å²) >= 11 is 6.29. The molecule has 4 aromatic carbocycles. The van der Waals surface area contributed by atoms with E-state index >= 15 is 0 Å². The SMILES string of the molecule is O=C1Nc2ccc(Cl)cc2C(c2ccccc2)=N[C@@H]1Cc1ccc(OCc2ccccc2)cc1. The number of hydrogen-bond acceptors (Lipinski definition) is 3. The lowest BCUT2D eigenvalue weighted by Gasteiger charge is -2.12. The Bertz CT molecular complexity index is 1320. The van der Waals surface area contributed by atoms with Crippen LogP contribution in [0.15, 0.2) is 108 Å². The fourth-order valence-corrected chi connectivity index (χ4v) is 4.14. The van der Waals surface area contributed by atoms with Gasteiger partial charge in [0.2, 0.25) is 5.91 Å². The molecule has 34 heavy (non-hydrogen) atoms. The lowest BCUT2D eigenvalue weighted by molar-refractivity contribution is -0.117. The van der Waals surface area contributed by atoms with Crippen LogP contribution in [0, 0.1) is 0 Å². The molecule has 0 saturated carbocycles. The van der Waals surface area contributed by atoms with E-state index in [4.69, 9.17) is 21.3 Å². The van der Waals surface area contributed by atoms with Gasteiger partial charge in [0, 0.05) is 22.6 Å². The fourth-order valence-electron chi connectivity index (χ4n) is 3.97. The molecular formula is C29H23ClN2O2. The maximum Gasteiger partial charge on any atom is 0.249 e. The first kappa shape index (κ1) is 21.9. The highest BCUT2D eigenvalue weighted by Gasteiger charge is 2.26. The van der Waals surface area contributed by atoms with Gasteiger partial charge in [0.05, 0.1) is 11.4 Å². The molecule has 0 aliphatic carbocycles. The van der Waals surface area contributed by atoms with Crippen molar-refractivity contribution in [3.05, 3.63) is 130 Å². The van der Waals surface area contributed by atoms with Crippen molar-refractivity contribution in [3.63, 3.8) is 0 Å². The molecule has 168 valence electrons. The van der Waals surface area contributed by atoms with E-state index in [1.54, 1.807) is 6.07 Å². The number of benzodiazepines with no additional fused rings is 1. The lowest BCUT2D eigenvalue weighted by Crippen LogP contribution is -2.27. The normalized spacial score (nSPS) is 15.0. The summed E-state index contributed by atoms with van der Waals surface area (Å²) in [5, 5.41) is 3.63. The molecule has 5 rings (SSSR count). The number of anilines is 1. The topological polar surface area (TPSA) is 50.7 Å². The molecule has 1 aliphatic rings. The van der Waals surface area contributed by atoms with Gasteiger partial charge >= 0.3 is 0 Å². The molecule has 0 spiro atoms. The number of ether oxygens (including phenoxy) is 1. The first-order valence-electron chi connectivity index (χ1n) is 11.2. The second-order valence-corrected chi connectivity index (χ2v) is 8.60. The minimum Gasteiger partial charge on any atom is -0.489 e. The summed E-state index contributed by atoms with van der Waals surface area (Å²) in [5.74, 6) is 0.646. The Morgan fingerprint density at radius 1 is 0.824 bits per heavy atom. The molecule has 1 N–H and O–H groups in total. The van der Waals surface area contributed by atoms with Crippen LogP contribution in [0.2, 0.25) is 5.02 Å². The maximum atomic E-state index is 13.1. The molecule has 0 bridgehead atoms. The third-order valence-electron chi connectivity index (χ3n) is 5.73. The molecule has 4 nitrogen and oxygen atoms in total. The first-order valence-corrected chi connectivity index (χ1v) is 11.5. The van der Waals surface area contributed by atoms with Gasteiger partial charge in [0.25, 0.3) is 0 Å². The van der Waals surface area contributed by atoms with Crippen LogP contribution >= 0.6 is 11.6 Å². The molecule has 5 heteroatoms. The number of carbonyl (C=O) groups is 1. The van der Waals surface area contributed by atoms with Gasteiger partial charge in [-0.15, -0.1) is 0 Å². The second-order valence-electron chi connectivity index (χ2n) is 8.16. The summed E-state index contributed by atoms with van der Waals surface area (Å²) in [6.07, 6.45) is 0.475. The van der Waals surface area contributed by atoms with E-state index in [2.05, 4.69) is 5.32 Å². The predicted molar refractivity (Wildman–Crippen MR) is 137 cm³/mol. The van der Waals surface area contributed by atoms with E-state index < -0.39 is 6.04 Å². The van der Waals surface area contributed by atoms with E-state index in [0.29, 0.717) is 23.7 Å². The van der Waals surface area contributed by atoms with E-state index in [1.165, 1.54) is 0 Å². The molecule has 0 radical (unpaired) electrons. The van der Waals surface area contributed by atoms with E-state index in [1.807, 2.05) is 97.1 Å². The molecule has 1 aliphatic heterocycles. The van der Waals surface area contributed by atoms with Crippen LogP contribution in [0.3, 0.4) is 0 Å². The van der Waals surface area contributed by atoms with Crippen LogP contribution < -0.4 is 10.1 Å². The molecule has 1 atom stereocenters. The number of carbonyl (C=O) groups excluding carboxylic acids is 1. The summed E-state index contributed by atoms with van der Waals surface area (Å²) in [5.41, 5.74) is 5.35. The number of halogens is 1. The third kappa shape index (κ3) is 5.03. The van der Waals surface area contributed by atoms with Crippen LogP contribution in [0.5, 0.6) is 5.75 Å². The van der Waals surface area contributed by atoms with Gasteiger partial charge in [-0.25, -0.2) is 0 Å². The number of rotatable bonds is 6. The van der Waals surface area contributed by atoms with Crippen molar-refractivity contribution < 1.29 is 9.53 Å². The number of nitrogens with one attached hydrogen (secondary N) is 1. The molecule has 0 fully saturated rings. The zero-order valence-corrected chi connectivity index (χ0v) is 19.2. The second kappa shape index (κ2) is 9.94. The highest BCUT2D eigenvalue weighted by molar-refractivity contribution is 6.32. The summed E-state index contributed by atoms with van der Waals surface area (Å²) in [6.45, 7) is 0.511. The Morgan fingerprint density at radius 2 is 1.53 bits per heavy atom. The Balaban J connectivity index is 1.39. The van der Waals surface area contributed by atoms with Crippen molar-refractivity contribution in [2.75, 3.05) is 5.32 Å². The van der Waals surface area contributed by atoms with Gasteiger partial charge in [-0.3, -0.25) is 9.79 Å². The highest BCUT2D eigenvalue weighted by atomic mass is 35.5. The molecule has 4 aromatic rings. The van der Waals surface area contributed by atoms with Crippen LogP contribution in [0.25, 0.3) is 0 Å². The lowest BCUT2D eigenvalue weighted by atomic mass is 10.0. The largest absolute Gasteiger partial charge is 0.489 e. The molecule has 0 saturated heterocycles. The zero-order valence-electron chi connectivity index (χ0n) is 18.4. The van der Waals surface area contributed by atoms with Crippen LogP contribution in [0.1, 0.15) is 22.3 Å². The average molecular weight is 467 g/mol. The summed E-state index contributed by atoms with van der Waals surface area (Å²) < 4.78 is 5.89. The smallest absolute Gasteiger partial charge is 0.249 e. The number of benzene rings is 4. The summed E-state index contributed by atoms with van der Waals surface area (Å²) in [7, 11) is 0. The maximum absolute atomic E-state index is 13.1. The van der Waals surface area contributed by atoms with Gasteiger partial charge in [-0.1, -0.05) is 84.4 Å². The Labute approximate surface area is 203 Å². The predicted octanol–water partition coefficient (Wildman–Crippen LogP) is 6.32. The van der Waals surface area contributed by atoms with Crippen molar-refractivity contribution >= 4 is 28.9 Å². The van der Waals surface area contributed by atoms with E-state index in [9.17, 15) is 4.79 Å². The number of aliphatic imine (C=N–C) groups is 1. The van der Waals surface area contributed by atoms with E-state index in [0.717, 1.165) is 33.7 Å². The zero-order chi connectivity index (χ0) is 23.3. The van der Waals surface area contributed by atoms with Gasteiger partial charge in [-0.05, 0) is 41.5 Å². The summed E-state index contributed by atoms with van der Waals surface area (Å²) in [4.78, 5) is 18.0. The van der Waals surface area contributed by atoms with Crippen molar-refractivity contribution in [1.82, 2.24) is 0 Å². The van der Waals surface area contributed by atoms with Gasteiger partial charge < -0.3 is 10.1 Å². The number of hydrogen-bond donors (Lipinski definition) is 1. The number of nitrogens with zero attached hydrogens (tertiary/aromatic N) is 1. The minimum atomic E-state index is -0.572. The van der Waals surface area contributed by atoms with Crippen LogP contribution in [-0.4, -0.2) is 17.7 Å². The van der Waals surface area contributed by atoms with E-state index in [-0.39, 0.29) is 5.91 Å². The first-order chi connectivity index (χ1) is 16.7. The molecular weight excluding hydrogens is 444 g/mol. The highest BCUT2D eigenvalue weighted by Crippen LogP contribution is 2.28. The van der Waals surface area contributed by atoms with Gasteiger partial charge in [0.1, 0.15) is 18.4 Å². The monoisotopic (exact) mass is 466 g/mol. The van der Waals surface area contributed by atoms with Crippen molar-refractivity contribution in [2.24, 2.45) is 4.99 Å². The molecule has 1 heterocycles. The van der Waals surface area contributed by atoms with Crippen LogP contribution in [-0.2, 0) is 17.8 Å². The van der Waals surface area contributed by atoms with Crippen molar-refractivity contribution in [2.45, 2.75) is 19.1 Å². The number of fused-ring (bicyclic) bond motifs is 1. The standard InChI is InChI=1S/C29H23ClN2O2/c30-23-13-16-26-25(18-23)28(22-9-5-2-6-10-22)31-27(29(33)32-26)17-20-11-14-24(15-12-20)34-19-21-7-3-1-4-8-21/h1-16,18,27H,17,19H2,(H,32,33)/t27-/m1/s1. The Kier molecular flexibility index (Phi) is 6.41. The Hall–Kier alpha value is -3.89. The Morgan fingerprint density at radius 3 is 2.26 bits per heavy atom.